The molecule has 1 atom stereocenters. The lowest BCUT2D eigenvalue weighted by Gasteiger charge is -2.40. The number of nitrogens with one attached hydrogen (secondary N) is 1. The summed E-state index contributed by atoms with van der Waals surface area (Å²) in [5.41, 5.74) is 0.0585. The van der Waals surface area contributed by atoms with Crippen LogP contribution in [0.15, 0.2) is 6.33 Å². The maximum Gasteiger partial charge on any atom is 0.138 e. The maximum absolute atomic E-state index is 4.45. The van der Waals surface area contributed by atoms with Crippen molar-refractivity contribution in [2.45, 2.75) is 65.1 Å². The van der Waals surface area contributed by atoms with Gasteiger partial charge in [0.25, 0.3) is 0 Å². The molecule has 20 heavy (non-hydrogen) atoms. The van der Waals surface area contributed by atoms with E-state index in [9.17, 15) is 0 Å². The molecule has 0 bridgehead atoms. The van der Waals surface area contributed by atoms with E-state index >= 15 is 0 Å². The fourth-order valence-corrected chi connectivity index (χ4v) is 2.24. The lowest BCUT2D eigenvalue weighted by molar-refractivity contribution is 0.135. The third-order valence-corrected chi connectivity index (χ3v) is 4.17. The Morgan fingerprint density at radius 2 is 2.00 bits per heavy atom. The van der Waals surface area contributed by atoms with Crippen LogP contribution >= 0.6 is 0 Å². The molecule has 0 aliphatic carbocycles. The van der Waals surface area contributed by atoms with Crippen LogP contribution in [0.2, 0.25) is 0 Å². The maximum atomic E-state index is 4.45. The van der Waals surface area contributed by atoms with Crippen molar-refractivity contribution >= 4 is 0 Å². The van der Waals surface area contributed by atoms with Crippen LogP contribution in [-0.4, -0.2) is 51.9 Å². The van der Waals surface area contributed by atoms with Gasteiger partial charge >= 0.3 is 0 Å². The smallest absolute Gasteiger partial charge is 0.138 e. The molecule has 0 saturated carbocycles. The van der Waals surface area contributed by atoms with Gasteiger partial charge in [-0.05, 0) is 54.8 Å². The molecule has 0 fully saturated rings. The molecule has 116 valence electrons. The van der Waals surface area contributed by atoms with Gasteiger partial charge in [0.15, 0.2) is 0 Å². The zero-order chi connectivity index (χ0) is 15.3. The van der Waals surface area contributed by atoms with Gasteiger partial charge in [-0.25, -0.2) is 9.67 Å². The molecule has 0 radical (unpaired) electrons. The molecule has 0 saturated heterocycles. The third kappa shape index (κ3) is 4.03. The Balaban J connectivity index is 2.92. The Morgan fingerprint density at radius 3 is 2.50 bits per heavy atom. The average Bonchev–Trinajstić information content (AvgIpc) is 2.82. The number of hydrogen-bond donors (Lipinski definition) is 1. The van der Waals surface area contributed by atoms with Crippen molar-refractivity contribution in [3.05, 3.63) is 12.2 Å². The molecular formula is C15H31N5. The van der Waals surface area contributed by atoms with E-state index in [0.717, 1.165) is 25.2 Å². The molecule has 1 aromatic rings. The van der Waals surface area contributed by atoms with Crippen molar-refractivity contribution in [2.75, 3.05) is 20.6 Å². The number of nitrogens with zero attached hydrogens (tertiary/aromatic N) is 4. The first-order chi connectivity index (χ1) is 9.30. The number of likely N-dealkylation sites (N-methyl/N-ethyl adjacent to an activating group) is 1. The summed E-state index contributed by atoms with van der Waals surface area (Å²) >= 11 is 0. The standard InChI is InChI=1S/C15H31N5/c1-8-9-16-13(15(4,5)19(6)7)10-14-17-11-18-20(14)12(2)3/h11-13,16H,8-10H2,1-7H3. The largest absolute Gasteiger partial charge is 0.312 e. The molecule has 5 heteroatoms. The molecule has 5 nitrogen and oxygen atoms in total. The summed E-state index contributed by atoms with van der Waals surface area (Å²) in [5, 5.41) is 8.01. The van der Waals surface area contributed by atoms with Gasteiger partial charge in [-0.15, -0.1) is 0 Å². The molecule has 1 heterocycles. The number of aromatic nitrogens is 3. The number of rotatable bonds is 8. The second-order valence-corrected chi connectivity index (χ2v) is 6.47. The van der Waals surface area contributed by atoms with E-state index in [1.54, 1.807) is 6.33 Å². The fourth-order valence-electron chi connectivity index (χ4n) is 2.24. The van der Waals surface area contributed by atoms with E-state index in [0.29, 0.717) is 12.1 Å². The first kappa shape index (κ1) is 17.1. The van der Waals surface area contributed by atoms with Crippen LogP contribution in [0.4, 0.5) is 0 Å². The van der Waals surface area contributed by atoms with Gasteiger partial charge in [0.05, 0.1) is 0 Å². The summed E-state index contributed by atoms with van der Waals surface area (Å²) in [4.78, 5) is 6.73. The molecule has 0 aliphatic rings. The minimum absolute atomic E-state index is 0.0585. The highest BCUT2D eigenvalue weighted by atomic mass is 15.3. The Morgan fingerprint density at radius 1 is 1.35 bits per heavy atom. The van der Waals surface area contributed by atoms with Crippen LogP contribution in [0.1, 0.15) is 52.9 Å². The summed E-state index contributed by atoms with van der Waals surface area (Å²) in [7, 11) is 4.27. The fraction of sp³-hybridized carbons (Fsp3) is 0.867. The van der Waals surface area contributed by atoms with Gasteiger partial charge in [-0.2, -0.15) is 5.10 Å². The van der Waals surface area contributed by atoms with E-state index in [1.165, 1.54) is 0 Å². The molecule has 0 aliphatic heterocycles. The van der Waals surface area contributed by atoms with E-state index in [4.69, 9.17) is 0 Å². The van der Waals surface area contributed by atoms with Crippen LogP contribution in [0, 0.1) is 0 Å². The predicted octanol–water partition coefficient (Wildman–Crippen LogP) is 2.11. The van der Waals surface area contributed by atoms with Crippen molar-refractivity contribution in [1.29, 1.82) is 0 Å². The summed E-state index contributed by atoms with van der Waals surface area (Å²) in [6.07, 6.45) is 3.69. The lowest BCUT2D eigenvalue weighted by Crippen LogP contribution is -2.56. The molecule has 1 unspecified atom stereocenters. The Bertz CT molecular complexity index is 395. The van der Waals surface area contributed by atoms with Crippen molar-refractivity contribution in [3.63, 3.8) is 0 Å². The topological polar surface area (TPSA) is 46.0 Å². The van der Waals surface area contributed by atoms with Crippen LogP contribution in [0.25, 0.3) is 0 Å². The minimum Gasteiger partial charge on any atom is -0.312 e. The first-order valence-corrected chi connectivity index (χ1v) is 7.59. The third-order valence-electron chi connectivity index (χ3n) is 4.17. The second-order valence-electron chi connectivity index (χ2n) is 6.47. The van der Waals surface area contributed by atoms with Crippen LogP contribution in [0.5, 0.6) is 0 Å². The predicted molar refractivity (Wildman–Crippen MR) is 84.0 cm³/mol. The summed E-state index contributed by atoms with van der Waals surface area (Å²) in [6, 6.07) is 0.695. The molecule has 1 rings (SSSR count). The van der Waals surface area contributed by atoms with E-state index in [1.807, 2.05) is 4.68 Å². The Kier molecular flexibility index (Phi) is 6.14. The van der Waals surface area contributed by atoms with Gasteiger partial charge in [-0.3, -0.25) is 0 Å². The minimum atomic E-state index is 0.0585. The zero-order valence-electron chi connectivity index (χ0n) is 14.1. The Hall–Kier alpha value is -0.940. The van der Waals surface area contributed by atoms with Crippen molar-refractivity contribution in [1.82, 2.24) is 25.0 Å². The number of hydrogen-bond acceptors (Lipinski definition) is 4. The van der Waals surface area contributed by atoms with Gasteiger partial charge in [-0.1, -0.05) is 6.92 Å². The quantitative estimate of drug-likeness (QED) is 0.793. The lowest BCUT2D eigenvalue weighted by atomic mass is 9.90. The van der Waals surface area contributed by atoms with Crippen LogP contribution < -0.4 is 5.32 Å². The molecule has 0 amide bonds. The molecule has 1 aromatic heterocycles. The van der Waals surface area contributed by atoms with Gasteiger partial charge < -0.3 is 10.2 Å². The monoisotopic (exact) mass is 281 g/mol. The first-order valence-electron chi connectivity index (χ1n) is 7.59. The van der Waals surface area contributed by atoms with E-state index in [-0.39, 0.29) is 5.54 Å². The zero-order valence-corrected chi connectivity index (χ0v) is 14.1. The van der Waals surface area contributed by atoms with Crippen LogP contribution in [-0.2, 0) is 6.42 Å². The highest BCUT2D eigenvalue weighted by Gasteiger charge is 2.32. The second kappa shape index (κ2) is 7.18. The van der Waals surface area contributed by atoms with E-state index < -0.39 is 0 Å². The average molecular weight is 281 g/mol. The highest BCUT2D eigenvalue weighted by molar-refractivity contribution is 5.00. The molecule has 0 spiro atoms. The van der Waals surface area contributed by atoms with Crippen LogP contribution in [0.3, 0.4) is 0 Å². The Labute approximate surface area is 123 Å². The van der Waals surface area contributed by atoms with Crippen molar-refractivity contribution < 1.29 is 0 Å². The SMILES string of the molecule is CCCNC(Cc1ncnn1C(C)C)C(C)(C)N(C)C. The van der Waals surface area contributed by atoms with Crippen molar-refractivity contribution in [3.8, 4) is 0 Å². The van der Waals surface area contributed by atoms with E-state index in [2.05, 4.69) is 69.0 Å². The summed E-state index contributed by atoms with van der Waals surface area (Å²) < 4.78 is 2.02. The molecule has 0 aromatic carbocycles. The summed E-state index contributed by atoms with van der Waals surface area (Å²) in [5.74, 6) is 1.06. The molecular weight excluding hydrogens is 250 g/mol. The molecule has 1 N–H and O–H groups in total. The van der Waals surface area contributed by atoms with Gasteiger partial charge in [0.1, 0.15) is 12.2 Å². The van der Waals surface area contributed by atoms with Crippen molar-refractivity contribution in [2.24, 2.45) is 0 Å². The normalized spacial score (nSPS) is 14.2. The van der Waals surface area contributed by atoms with Gasteiger partial charge in [0.2, 0.25) is 0 Å². The summed E-state index contributed by atoms with van der Waals surface area (Å²) in [6.45, 7) is 12.1. The van der Waals surface area contributed by atoms with Gasteiger partial charge in [0, 0.05) is 24.0 Å². The highest BCUT2D eigenvalue weighted by Crippen LogP contribution is 2.20.